The average molecular weight is 268 g/mol. The Morgan fingerprint density at radius 2 is 2.16 bits per heavy atom. The zero-order chi connectivity index (χ0) is 14.4. The maximum atomic E-state index is 13.9. The van der Waals surface area contributed by atoms with Crippen molar-refractivity contribution in [2.24, 2.45) is 0 Å². The minimum Gasteiger partial charge on any atom is -0.372 e. The molecule has 0 saturated carbocycles. The number of carbonyl (C=O) groups is 1. The second kappa shape index (κ2) is 7.09. The maximum absolute atomic E-state index is 13.9. The Morgan fingerprint density at radius 3 is 2.68 bits per heavy atom. The van der Waals surface area contributed by atoms with Crippen LogP contribution in [0.1, 0.15) is 20.8 Å². The molecule has 0 aliphatic carbocycles. The molecule has 0 heterocycles. The van der Waals surface area contributed by atoms with Gasteiger partial charge < -0.3 is 15.0 Å². The summed E-state index contributed by atoms with van der Waals surface area (Å²) in [7, 11) is 1.83. The molecule has 1 rings (SSSR count). The fraction of sp³-hybridized carbons (Fsp3) is 0.500. The number of hydrogen-bond acceptors (Lipinski definition) is 3. The molecule has 0 unspecified atom stereocenters. The van der Waals surface area contributed by atoms with E-state index in [1.54, 1.807) is 12.1 Å². The number of anilines is 2. The fourth-order valence-corrected chi connectivity index (χ4v) is 1.54. The molecule has 106 valence electrons. The van der Waals surface area contributed by atoms with E-state index < -0.39 is 0 Å². The lowest BCUT2D eigenvalue weighted by Gasteiger charge is -2.24. The van der Waals surface area contributed by atoms with Crippen molar-refractivity contribution in [3.8, 4) is 0 Å². The van der Waals surface area contributed by atoms with Gasteiger partial charge in [-0.1, -0.05) is 0 Å². The number of carbonyl (C=O) groups excluding carboxylic acids is 1. The Balaban J connectivity index is 2.74. The molecule has 0 aliphatic heterocycles. The molecular formula is C14H21FN2O2. The normalized spacial score (nSPS) is 10.6. The van der Waals surface area contributed by atoms with Gasteiger partial charge in [0.25, 0.3) is 0 Å². The Labute approximate surface area is 113 Å². The van der Waals surface area contributed by atoms with Gasteiger partial charge in [-0.2, -0.15) is 0 Å². The number of rotatable bonds is 6. The summed E-state index contributed by atoms with van der Waals surface area (Å²) in [6, 6.07) is 4.86. The van der Waals surface area contributed by atoms with Gasteiger partial charge in [-0.25, -0.2) is 4.39 Å². The van der Waals surface area contributed by atoms with Crippen molar-refractivity contribution >= 4 is 17.3 Å². The molecule has 0 spiro atoms. The first kappa shape index (κ1) is 15.4. The van der Waals surface area contributed by atoms with Crippen molar-refractivity contribution in [3.05, 3.63) is 24.0 Å². The average Bonchev–Trinajstić information content (AvgIpc) is 2.35. The van der Waals surface area contributed by atoms with Crippen LogP contribution in [0.4, 0.5) is 15.8 Å². The standard InChI is InChI=1S/C14H21FN2O2/c1-5-19-9-14(18)16-11-6-7-13(12(15)8-11)17(4)10(2)3/h6-8,10H,5,9H2,1-4H3,(H,16,18). The van der Waals surface area contributed by atoms with E-state index in [-0.39, 0.29) is 24.4 Å². The van der Waals surface area contributed by atoms with Gasteiger partial charge in [-0.15, -0.1) is 0 Å². The fourth-order valence-electron chi connectivity index (χ4n) is 1.54. The van der Waals surface area contributed by atoms with Crippen LogP contribution in [0.3, 0.4) is 0 Å². The van der Waals surface area contributed by atoms with Crippen LogP contribution < -0.4 is 10.2 Å². The lowest BCUT2D eigenvalue weighted by molar-refractivity contribution is -0.120. The van der Waals surface area contributed by atoms with E-state index in [0.717, 1.165) is 0 Å². The molecule has 19 heavy (non-hydrogen) atoms. The van der Waals surface area contributed by atoms with Gasteiger partial charge >= 0.3 is 0 Å². The van der Waals surface area contributed by atoms with Gasteiger partial charge in [0, 0.05) is 25.4 Å². The van der Waals surface area contributed by atoms with Crippen molar-refractivity contribution in [1.29, 1.82) is 0 Å². The topological polar surface area (TPSA) is 41.6 Å². The minimum absolute atomic E-state index is 0.0221. The SMILES string of the molecule is CCOCC(=O)Nc1ccc(N(C)C(C)C)c(F)c1. The lowest BCUT2D eigenvalue weighted by Crippen LogP contribution is -2.26. The maximum Gasteiger partial charge on any atom is 0.250 e. The summed E-state index contributed by atoms with van der Waals surface area (Å²) in [4.78, 5) is 13.3. The molecule has 1 aromatic rings. The van der Waals surface area contributed by atoms with Gasteiger partial charge in [-0.05, 0) is 39.0 Å². The number of halogens is 1. The molecule has 0 bridgehead atoms. The lowest BCUT2D eigenvalue weighted by atomic mass is 10.2. The molecular weight excluding hydrogens is 247 g/mol. The second-order valence-corrected chi connectivity index (χ2v) is 4.56. The van der Waals surface area contributed by atoms with Gasteiger partial charge in [0.1, 0.15) is 12.4 Å². The third-order valence-corrected chi connectivity index (χ3v) is 2.82. The zero-order valence-electron chi connectivity index (χ0n) is 11.9. The van der Waals surface area contributed by atoms with E-state index in [9.17, 15) is 9.18 Å². The number of benzene rings is 1. The summed E-state index contributed by atoms with van der Waals surface area (Å²) >= 11 is 0. The van der Waals surface area contributed by atoms with Crippen LogP contribution in [0.5, 0.6) is 0 Å². The van der Waals surface area contributed by atoms with Crippen LogP contribution in [0.15, 0.2) is 18.2 Å². The second-order valence-electron chi connectivity index (χ2n) is 4.56. The highest BCUT2D eigenvalue weighted by Gasteiger charge is 2.11. The molecule has 4 nitrogen and oxygen atoms in total. The molecule has 0 saturated heterocycles. The van der Waals surface area contributed by atoms with Crippen molar-refractivity contribution in [3.63, 3.8) is 0 Å². The largest absolute Gasteiger partial charge is 0.372 e. The van der Waals surface area contributed by atoms with Crippen LogP contribution in [0.2, 0.25) is 0 Å². The van der Waals surface area contributed by atoms with E-state index in [4.69, 9.17) is 4.74 Å². The number of hydrogen-bond donors (Lipinski definition) is 1. The summed E-state index contributed by atoms with van der Waals surface area (Å²) in [5.74, 6) is -0.642. The first-order chi connectivity index (χ1) is 8.95. The third kappa shape index (κ3) is 4.52. The summed E-state index contributed by atoms with van der Waals surface area (Å²) in [5, 5.41) is 2.59. The van der Waals surface area contributed by atoms with Crippen LogP contribution in [-0.2, 0) is 9.53 Å². The summed E-state index contributed by atoms with van der Waals surface area (Å²) in [6.45, 7) is 6.23. The highest BCUT2D eigenvalue weighted by molar-refractivity contribution is 5.91. The summed E-state index contributed by atoms with van der Waals surface area (Å²) < 4.78 is 18.9. The van der Waals surface area contributed by atoms with Gasteiger partial charge in [0.2, 0.25) is 5.91 Å². The van der Waals surface area contributed by atoms with Crippen molar-refractivity contribution in [2.75, 3.05) is 30.5 Å². The molecule has 1 amide bonds. The minimum atomic E-state index is -0.356. The number of nitrogens with zero attached hydrogens (tertiary/aromatic N) is 1. The summed E-state index contributed by atoms with van der Waals surface area (Å²) in [6.07, 6.45) is 0. The van der Waals surface area contributed by atoms with E-state index in [1.165, 1.54) is 6.07 Å². The molecule has 0 aliphatic rings. The summed E-state index contributed by atoms with van der Waals surface area (Å²) in [5.41, 5.74) is 0.945. The Morgan fingerprint density at radius 1 is 1.47 bits per heavy atom. The first-order valence-corrected chi connectivity index (χ1v) is 6.35. The van der Waals surface area contributed by atoms with E-state index in [0.29, 0.717) is 18.0 Å². The van der Waals surface area contributed by atoms with E-state index in [2.05, 4.69) is 5.32 Å². The number of nitrogens with one attached hydrogen (secondary N) is 1. The molecule has 0 fully saturated rings. The number of amides is 1. The molecule has 0 aromatic heterocycles. The van der Waals surface area contributed by atoms with Crippen LogP contribution >= 0.6 is 0 Å². The van der Waals surface area contributed by atoms with Crippen molar-refractivity contribution in [1.82, 2.24) is 0 Å². The van der Waals surface area contributed by atoms with Crippen LogP contribution in [0, 0.1) is 5.82 Å². The van der Waals surface area contributed by atoms with Gasteiger partial charge in [0.15, 0.2) is 0 Å². The zero-order valence-corrected chi connectivity index (χ0v) is 11.9. The number of ether oxygens (including phenoxy) is 1. The Bertz CT molecular complexity index is 435. The van der Waals surface area contributed by atoms with Crippen molar-refractivity contribution < 1.29 is 13.9 Å². The van der Waals surface area contributed by atoms with E-state index >= 15 is 0 Å². The quantitative estimate of drug-likeness (QED) is 0.862. The molecule has 1 aromatic carbocycles. The highest BCUT2D eigenvalue weighted by Crippen LogP contribution is 2.23. The van der Waals surface area contributed by atoms with E-state index in [1.807, 2.05) is 32.7 Å². The smallest absolute Gasteiger partial charge is 0.250 e. The van der Waals surface area contributed by atoms with Gasteiger partial charge in [0.05, 0.1) is 5.69 Å². The first-order valence-electron chi connectivity index (χ1n) is 6.35. The molecule has 5 heteroatoms. The monoisotopic (exact) mass is 268 g/mol. The highest BCUT2D eigenvalue weighted by atomic mass is 19.1. The molecule has 0 radical (unpaired) electrons. The van der Waals surface area contributed by atoms with Crippen LogP contribution in [0.25, 0.3) is 0 Å². The molecule has 1 N–H and O–H groups in total. The Kier molecular flexibility index (Phi) is 5.76. The van der Waals surface area contributed by atoms with Crippen molar-refractivity contribution in [2.45, 2.75) is 26.8 Å². The van der Waals surface area contributed by atoms with Gasteiger partial charge in [-0.3, -0.25) is 4.79 Å². The predicted molar refractivity (Wildman–Crippen MR) is 75.1 cm³/mol. The molecule has 0 atom stereocenters. The Hall–Kier alpha value is -1.62. The van der Waals surface area contributed by atoms with Crippen LogP contribution in [-0.4, -0.2) is 32.2 Å². The predicted octanol–water partition coefficient (Wildman–Crippen LogP) is 2.65. The third-order valence-electron chi connectivity index (χ3n) is 2.82.